The third-order valence-corrected chi connectivity index (χ3v) is 4.93. The first kappa shape index (κ1) is 14.4. The molecule has 122 valence electrons. The van der Waals surface area contributed by atoms with Crippen molar-refractivity contribution in [3.8, 4) is 11.5 Å². The molecule has 5 heteroatoms. The van der Waals surface area contributed by atoms with Gasteiger partial charge < -0.3 is 15.2 Å². The number of hydrogen-bond donors (Lipinski definition) is 1. The smallest absolute Gasteiger partial charge is 0.340 e. The fourth-order valence-corrected chi connectivity index (χ4v) is 3.83. The third kappa shape index (κ3) is 1.80. The van der Waals surface area contributed by atoms with Crippen LogP contribution < -0.4 is 10.5 Å². The quantitative estimate of drug-likeness (QED) is 0.480. The van der Waals surface area contributed by atoms with E-state index in [2.05, 4.69) is 0 Å². The van der Waals surface area contributed by atoms with Crippen LogP contribution in [0.15, 0.2) is 60.7 Å². The van der Waals surface area contributed by atoms with Crippen molar-refractivity contribution >= 4 is 23.3 Å². The highest BCUT2D eigenvalue weighted by molar-refractivity contribution is 6.30. The van der Waals surface area contributed by atoms with Crippen molar-refractivity contribution in [2.75, 3.05) is 5.73 Å². The Labute approximate surface area is 148 Å². The van der Waals surface area contributed by atoms with Crippen LogP contribution in [0.4, 0.5) is 5.69 Å². The van der Waals surface area contributed by atoms with Crippen LogP contribution in [0.5, 0.6) is 11.5 Å². The van der Waals surface area contributed by atoms with Crippen LogP contribution in [0.25, 0.3) is 0 Å². The topological polar surface area (TPSA) is 61.6 Å². The Bertz CT molecular complexity index is 1060. The average Bonchev–Trinajstić information content (AvgIpc) is 2.90. The molecule has 2 aliphatic rings. The summed E-state index contributed by atoms with van der Waals surface area (Å²) in [7, 11) is 0. The third-order valence-electron chi connectivity index (χ3n) is 4.70. The van der Waals surface area contributed by atoms with E-state index in [1.807, 2.05) is 24.3 Å². The molecule has 3 aromatic carbocycles. The van der Waals surface area contributed by atoms with Gasteiger partial charge in [-0.1, -0.05) is 29.8 Å². The first-order valence-corrected chi connectivity index (χ1v) is 8.18. The van der Waals surface area contributed by atoms with Crippen LogP contribution >= 0.6 is 11.6 Å². The van der Waals surface area contributed by atoms with Crippen LogP contribution in [0.3, 0.4) is 0 Å². The highest BCUT2D eigenvalue weighted by atomic mass is 35.5. The van der Waals surface area contributed by atoms with Crippen LogP contribution in [0.1, 0.15) is 27.0 Å². The van der Waals surface area contributed by atoms with E-state index in [4.69, 9.17) is 26.8 Å². The molecule has 0 aromatic heterocycles. The van der Waals surface area contributed by atoms with E-state index in [-0.39, 0.29) is 5.97 Å². The lowest BCUT2D eigenvalue weighted by molar-refractivity contribution is 0.0224. The molecule has 0 amide bonds. The van der Waals surface area contributed by atoms with Gasteiger partial charge in [-0.3, -0.25) is 0 Å². The van der Waals surface area contributed by atoms with Crippen LogP contribution in [0.2, 0.25) is 5.02 Å². The Kier molecular flexibility index (Phi) is 2.74. The lowest BCUT2D eigenvalue weighted by Gasteiger charge is -2.36. The molecule has 1 unspecified atom stereocenters. The van der Waals surface area contributed by atoms with Gasteiger partial charge in [0.25, 0.3) is 0 Å². The van der Waals surface area contributed by atoms with Gasteiger partial charge in [0.05, 0.1) is 5.56 Å². The molecule has 0 aliphatic carbocycles. The minimum Gasteiger partial charge on any atom is -0.456 e. The summed E-state index contributed by atoms with van der Waals surface area (Å²) in [5, 5.41) is 0.543. The Morgan fingerprint density at radius 3 is 2.60 bits per heavy atom. The molecule has 2 aliphatic heterocycles. The SMILES string of the molecule is Nc1ccc2c(c1)Oc1ccc(Cl)cc1C21OC(=O)c2ccccc21. The summed E-state index contributed by atoms with van der Waals surface area (Å²) in [5.41, 5.74) is 8.16. The molecular formula is C20H12ClNO3. The fourth-order valence-electron chi connectivity index (χ4n) is 3.66. The van der Waals surface area contributed by atoms with Gasteiger partial charge in [-0.15, -0.1) is 0 Å². The second-order valence-electron chi connectivity index (χ2n) is 6.11. The zero-order chi connectivity index (χ0) is 17.2. The summed E-state index contributed by atoms with van der Waals surface area (Å²) in [6, 6.07) is 18.0. The van der Waals surface area contributed by atoms with E-state index >= 15 is 0 Å². The lowest BCUT2D eigenvalue weighted by atomic mass is 9.77. The summed E-state index contributed by atoms with van der Waals surface area (Å²) in [4.78, 5) is 12.6. The molecule has 5 rings (SSSR count). The molecule has 0 radical (unpaired) electrons. The van der Waals surface area contributed by atoms with E-state index in [0.29, 0.717) is 33.3 Å². The molecule has 0 bridgehead atoms. The molecule has 0 saturated carbocycles. The van der Waals surface area contributed by atoms with E-state index in [0.717, 1.165) is 11.1 Å². The Morgan fingerprint density at radius 2 is 1.72 bits per heavy atom. The van der Waals surface area contributed by atoms with Gasteiger partial charge in [0.2, 0.25) is 0 Å². The Balaban J connectivity index is 1.92. The molecule has 0 saturated heterocycles. The van der Waals surface area contributed by atoms with Gasteiger partial charge in [-0.05, 0) is 36.4 Å². The van der Waals surface area contributed by atoms with E-state index in [1.165, 1.54) is 0 Å². The first-order chi connectivity index (χ1) is 12.1. The monoisotopic (exact) mass is 349 g/mol. The molecule has 2 N–H and O–H groups in total. The van der Waals surface area contributed by atoms with Crippen LogP contribution in [-0.2, 0) is 10.3 Å². The molecule has 2 heterocycles. The number of esters is 1. The summed E-state index contributed by atoms with van der Waals surface area (Å²) in [6.45, 7) is 0. The predicted molar refractivity (Wildman–Crippen MR) is 94.1 cm³/mol. The minimum absolute atomic E-state index is 0.369. The van der Waals surface area contributed by atoms with Crippen molar-refractivity contribution in [2.24, 2.45) is 0 Å². The van der Waals surface area contributed by atoms with E-state index in [1.54, 1.807) is 36.4 Å². The first-order valence-electron chi connectivity index (χ1n) is 7.80. The summed E-state index contributed by atoms with van der Waals surface area (Å²) < 4.78 is 12.0. The second-order valence-corrected chi connectivity index (χ2v) is 6.55. The molecule has 3 aromatic rings. The van der Waals surface area contributed by atoms with Gasteiger partial charge in [-0.25, -0.2) is 4.79 Å². The van der Waals surface area contributed by atoms with Crippen LogP contribution in [-0.4, -0.2) is 5.97 Å². The number of benzene rings is 3. The molecule has 1 spiro atoms. The van der Waals surface area contributed by atoms with Crippen molar-refractivity contribution < 1.29 is 14.3 Å². The van der Waals surface area contributed by atoms with E-state index < -0.39 is 5.60 Å². The standard InChI is InChI=1S/C20H12ClNO3/c21-11-5-8-17-16(9-11)20(15-7-6-12(22)10-18(15)24-17)14-4-2-1-3-13(14)19(23)25-20/h1-10H,22H2. The number of nitrogen functional groups attached to an aromatic ring is 1. The van der Waals surface area contributed by atoms with Crippen molar-refractivity contribution in [3.05, 3.63) is 87.9 Å². The predicted octanol–water partition coefficient (Wildman–Crippen LogP) is 4.49. The van der Waals surface area contributed by atoms with Crippen molar-refractivity contribution in [1.29, 1.82) is 0 Å². The number of anilines is 1. The average molecular weight is 350 g/mol. The number of carbonyl (C=O) groups is 1. The van der Waals surface area contributed by atoms with Gasteiger partial charge in [0, 0.05) is 33.5 Å². The number of rotatable bonds is 0. The maximum atomic E-state index is 12.6. The Hall–Kier alpha value is -2.98. The summed E-state index contributed by atoms with van der Waals surface area (Å²) >= 11 is 6.24. The summed E-state index contributed by atoms with van der Waals surface area (Å²) in [5.74, 6) is 0.789. The number of nitrogens with two attached hydrogens (primary N) is 1. The minimum atomic E-state index is -1.09. The van der Waals surface area contributed by atoms with Gasteiger partial charge >= 0.3 is 5.97 Å². The largest absolute Gasteiger partial charge is 0.456 e. The zero-order valence-electron chi connectivity index (χ0n) is 13.0. The maximum Gasteiger partial charge on any atom is 0.340 e. The highest BCUT2D eigenvalue weighted by Crippen LogP contribution is 2.56. The molecular weight excluding hydrogens is 338 g/mol. The molecule has 4 nitrogen and oxygen atoms in total. The van der Waals surface area contributed by atoms with Gasteiger partial charge in [0.15, 0.2) is 5.60 Å². The molecule has 1 atom stereocenters. The number of fused-ring (bicyclic) bond motifs is 6. The second kappa shape index (κ2) is 4.77. The summed E-state index contributed by atoms with van der Waals surface area (Å²) in [6.07, 6.45) is 0. The normalized spacial score (nSPS) is 19.6. The molecule has 0 fully saturated rings. The van der Waals surface area contributed by atoms with Crippen molar-refractivity contribution in [3.63, 3.8) is 0 Å². The van der Waals surface area contributed by atoms with Gasteiger partial charge in [-0.2, -0.15) is 0 Å². The number of carbonyl (C=O) groups excluding carboxylic acids is 1. The Morgan fingerprint density at radius 1 is 0.880 bits per heavy atom. The number of hydrogen-bond acceptors (Lipinski definition) is 4. The zero-order valence-corrected chi connectivity index (χ0v) is 13.7. The number of halogens is 1. The van der Waals surface area contributed by atoms with Gasteiger partial charge in [0.1, 0.15) is 11.5 Å². The van der Waals surface area contributed by atoms with E-state index in [9.17, 15) is 4.79 Å². The fraction of sp³-hybridized carbons (Fsp3) is 0.0500. The van der Waals surface area contributed by atoms with Crippen molar-refractivity contribution in [2.45, 2.75) is 5.60 Å². The number of ether oxygens (including phenoxy) is 2. The van der Waals surface area contributed by atoms with Crippen LogP contribution in [0, 0.1) is 0 Å². The van der Waals surface area contributed by atoms with Crippen molar-refractivity contribution in [1.82, 2.24) is 0 Å². The molecule has 25 heavy (non-hydrogen) atoms. The highest BCUT2D eigenvalue weighted by Gasteiger charge is 2.53. The lowest BCUT2D eigenvalue weighted by Crippen LogP contribution is -2.33. The maximum absolute atomic E-state index is 12.6.